The molecule has 0 aliphatic rings. The van der Waals surface area contributed by atoms with Crippen molar-refractivity contribution in [1.29, 1.82) is 0 Å². The van der Waals surface area contributed by atoms with E-state index in [1.54, 1.807) is 13.8 Å². The zero-order valence-corrected chi connectivity index (χ0v) is 8.64. The molecule has 0 saturated heterocycles. The predicted molar refractivity (Wildman–Crippen MR) is 52.8 cm³/mol. The van der Waals surface area contributed by atoms with Gasteiger partial charge in [-0.3, -0.25) is 4.79 Å². The highest BCUT2D eigenvalue weighted by atomic mass is 35.5. The summed E-state index contributed by atoms with van der Waals surface area (Å²) in [5.41, 5.74) is -0.0550. The summed E-state index contributed by atoms with van der Waals surface area (Å²) in [6.07, 6.45) is 0. The molecule has 0 fully saturated rings. The van der Waals surface area contributed by atoms with Crippen LogP contribution in [0.4, 0.5) is 0 Å². The maximum absolute atomic E-state index is 11.3. The van der Waals surface area contributed by atoms with Crippen LogP contribution in [0.15, 0.2) is 10.9 Å². The second-order valence-electron chi connectivity index (χ2n) is 2.72. The number of pyridine rings is 1. The molecule has 76 valence electrons. The number of carbonyl (C=O) groups excluding carboxylic acids is 1. The number of hydrogen-bond acceptors (Lipinski definition) is 3. The molecule has 0 aliphatic carbocycles. The second-order valence-corrected chi connectivity index (χ2v) is 3.13. The highest BCUT2D eigenvalue weighted by Gasteiger charge is 2.16. The first-order valence-corrected chi connectivity index (χ1v) is 4.50. The number of ether oxygens (including phenoxy) is 1. The van der Waals surface area contributed by atoms with E-state index in [2.05, 4.69) is 9.72 Å². The van der Waals surface area contributed by atoms with Gasteiger partial charge in [0.1, 0.15) is 5.56 Å². The molecule has 14 heavy (non-hydrogen) atoms. The number of nitrogens with one attached hydrogen (secondary N) is 1. The summed E-state index contributed by atoms with van der Waals surface area (Å²) in [6, 6.07) is 1.51. The Kier molecular flexibility index (Phi) is 3.30. The molecule has 0 spiro atoms. The van der Waals surface area contributed by atoms with Gasteiger partial charge in [0.2, 0.25) is 0 Å². The Hall–Kier alpha value is -1.29. The molecule has 0 aromatic carbocycles. The van der Waals surface area contributed by atoms with Crippen molar-refractivity contribution in [2.75, 3.05) is 6.61 Å². The third-order valence-electron chi connectivity index (χ3n) is 1.60. The molecule has 1 N–H and O–H groups in total. The summed E-state index contributed by atoms with van der Waals surface area (Å²) in [6.45, 7) is 3.55. The number of rotatable bonds is 2. The van der Waals surface area contributed by atoms with E-state index < -0.39 is 11.5 Å². The number of aromatic amines is 1. The minimum absolute atomic E-state index is 0.115. The zero-order valence-electron chi connectivity index (χ0n) is 7.89. The SMILES string of the molecule is CCOC(=O)c1c(Cl)cc(C)[nH]c1=O. The van der Waals surface area contributed by atoms with Crippen LogP contribution < -0.4 is 5.56 Å². The molecule has 0 radical (unpaired) electrons. The Morgan fingerprint density at radius 1 is 1.64 bits per heavy atom. The minimum Gasteiger partial charge on any atom is -0.462 e. The highest BCUT2D eigenvalue weighted by molar-refractivity contribution is 6.33. The van der Waals surface area contributed by atoms with Gasteiger partial charge in [-0.25, -0.2) is 4.79 Å². The van der Waals surface area contributed by atoms with Crippen LogP contribution >= 0.6 is 11.6 Å². The van der Waals surface area contributed by atoms with Gasteiger partial charge in [0.15, 0.2) is 0 Å². The number of halogens is 1. The van der Waals surface area contributed by atoms with Crippen LogP contribution in [0.25, 0.3) is 0 Å². The third kappa shape index (κ3) is 2.14. The van der Waals surface area contributed by atoms with E-state index in [0.29, 0.717) is 5.69 Å². The molecule has 4 nitrogen and oxygen atoms in total. The summed E-state index contributed by atoms with van der Waals surface area (Å²) < 4.78 is 4.69. The molecule has 0 atom stereocenters. The van der Waals surface area contributed by atoms with Crippen molar-refractivity contribution >= 4 is 17.6 Å². The van der Waals surface area contributed by atoms with Crippen molar-refractivity contribution in [3.8, 4) is 0 Å². The van der Waals surface area contributed by atoms with Gasteiger partial charge < -0.3 is 9.72 Å². The van der Waals surface area contributed by atoms with Crippen LogP contribution in [-0.4, -0.2) is 17.6 Å². The van der Waals surface area contributed by atoms with Crippen LogP contribution in [0.2, 0.25) is 5.02 Å². The maximum atomic E-state index is 11.3. The molecule has 1 rings (SSSR count). The average molecular weight is 216 g/mol. The first kappa shape index (κ1) is 10.8. The van der Waals surface area contributed by atoms with Crippen LogP contribution in [0, 0.1) is 6.92 Å². The van der Waals surface area contributed by atoms with E-state index in [1.807, 2.05) is 0 Å². The molecule has 5 heteroatoms. The minimum atomic E-state index is -0.696. The van der Waals surface area contributed by atoms with Gasteiger partial charge in [-0.1, -0.05) is 11.6 Å². The van der Waals surface area contributed by atoms with E-state index >= 15 is 0 Å². The molecule has 1 aromatic heterocycles. The molecule has 1 heterocycles. The van der Waals surface area contributed by atoms with Crippen molar-refractivity contribution in [2.45, 2.75) is 13.8 Å². The smallest absolute Gasteiger partial charge is 0.345 e. The molecule has 1 aromatic rings. The molecule has 0 aliphatic heterocycles. The fourth-order valence-electron chi connectivity index (χ4n) is 1.04. The number of aryl methyl sites for hydroxylation is 1. The molecule has 0 unspecified atom stereocenters. The van der Waals surface area contributed by atoms with E-state index in [4.69, 9.17) is 11.6 Å². The van der Waals surface area contributed by atoms with Gasteiger partial charge in [0.25, 0.3) is 5.56 Å². The topological polar surface area (TPSA) is 59.2 Å². The summed E-state index contributed by atoms with van der Waals surface area (Å²) in [5.74, 6) is -0.696. The monoisotopic (exact) mass is 215 g/mol. The number of esters is 1. The largest absolute Gasteiger partial charge is 0.462 e. The average Bonchev–Trinajstić information content (AvgIpc) is 2.01. The molecular weight excluding hydrogens is 206 g/mol. The third-order valence-corrected chi connectivity index (χ3v) is 1.90. The fourth-order valence-corrected chi connectivity index (χ4v) is 1.37. The Bertz CT molecular complexity index is 411. The maximum Gasteiger partial charge on any atom is 0.345 e. The lowest BCUT2D eigenvalue weighted by Crippen LogP contribution is -2.20. The standard InChI is InChI=1S/C9H10ClNO3/c1-3-14-9(13)7-6(10)4-5(2)11-8(7)12/h4H,3H2,1-2H3,(H,11,12). The first-order chi connectivity index (χ1) is 6.56. The fraction of sp³-hybridized carbons (Fsp3) is 0.333. The van der Waals surface area contributed by atoms with Gasteiger partial charge in [0.05, 0.1) is 11.6 Å². The van der Waals surface area contributed by atoms with Crippen molar-refractivity contribution in [2.24, 2.45) is 0 Å². The van der Waals surface area contributed by atoms with Crippen LogP contribution in [0.5, 0.6) is 0 Å². The normalized spacial score (nSPS) is 9.93. The summed E-state index contributed by atoms with van der Waals surface area (Å²) >= 11 is 5.74. The Morgan fingerprint density at radius 2 is 2.29 bits per heavy atom. The molecule has 0 amide bonds. The van der Waals surface area contributed by atoms with E-state index in [1.165, 1.54) is 6.07 Å². The Morgan fingerprint density at radius 3 is 2.79 bits per heavy atom. The van der Waals surface area contributed by atoms with Gasteiger partial charge in [0, 0.05) is 5.69 Å². The molecule has 0 saturated carbocycles. The summed E-state index contributed by atoms with van der Waals surface area (Å²) in [4.78, 5) is 25.1. The summed E-state index contributed by atoms with van der Waals surface area (Å²) in [5, 5.41) is 0.115. The number of aromatic nitrogens is 1. The number of H-pyrrole nitrogens is 1. The van der Waals surface area contributed by atoms with Gasteiger partial charge >= 0.3 is 5.97 Å². The molecular formula is C9H10ClNO3. The van der Waals surface area contributed by atoms with Crippen molar-refractivity contribution in [3.05, 3.63) is 32.7 Å². The van der Waals surface area contributed by atoms with Crippen molar-refractivity contribution < 1.29 is 9.53 Å². The lowest BCUT2D eigenvalue weighted by molar-refractivity contribution is 0.0524. The highest BCUT2D eigenvalue weighted by Crippen LogP contribution is 2.13. The lowest BCUT2D eigenvalue weighted by atomic mass is 10.2. The van der Waals surface area contributed by atoms with Crippen molar-refractivity contribution in [3.63, 3.8) is 0 Å². The van der Waals surface area contributed by atoms with Gasteiger partial charge in [-0.05, 0) is 19.9 Å². The van der Waals surface area contributed by atoms with E-state index in [9.17, 15) is 9.59 Å². The van der Waals surface area contributed by atoms with E-state index in [-0.39, 0.29) is 17.2 Å². The van der Waals surface area contributed by atoms with Gasteiger partial charge in [-0.2, -0.15) is 0 Å². The van der Waals surface area contributed by atoms with E-state index in [0.717, 1.165) is 0 Å². The lowest BCUT2D eigenvalue weighted by Gasteiger charge is -2.03. The Labute approximate surface area is 85.9 Å². The van der Waals surface area contributed by atoms with Crippen LogP contribution in [0.3, 0.4) is 0 Å². The predicted octanol–water partition coefficient (Wildman–Crippen LogP) is 1.51. The summed E-state index contributed by atoms with van der Waals surface area (Å²) in [7, 11) is 0. The number of carbonyl (C=O) groups is 1. The van der Waals surface area contributed by atoms with Gasteiger partial charge in [-0.15, -0.1) is 0 Å². The van der Waals surface area contributed by atoms with Crippen LogP contribution in [0.1, 0.15) is 23.0 Å². The second kappa shape index (κ2) is 4.28. The Balaban J connectivity index is 3.21. The quantitative estimate of drug-likeness (QED) is 0.761. The number of hydrogen-bond donors (Lipinski definition) is 1. The van der Waals surface area contributed by atoms with Crippen molar-refractivity contribution in [1.82, 2.24) is 4.98 Å². The zero-order chi connectivity index (χ0) is 10.7. The van der Waals surface area contributed by atoms with Crippen LogP contribution in [-0.2, 0) is 4.74 Å². The molecule has 0 bridgehead atoms. The first-order valence-electron chi connectivity index (χ1n) is 4.12.